The van der Waals surface area contributed by atoms with Crippen molar-refractivity contribution in [2.75, 3.05) is 32.8 Å². The number of aliphatic carboxylic acids is 1. The zero-order valence-electron chi connectivity index (χ0n) is 10.2. The van der Waals surface area contributed by atoms with Crippen LogP contribution in [0.1, 0.15) is 18.1 Å². The van der Waals surface area contributed by atoms with Crippen LogP contribution in [-0.4, -0.2) is 59.0 Å². The fraction of sp³-hybridized carbons (Fsp3) is 0.727. The van der Waals surface area contributed by atoms with Gasteiger partial charge < -0.3 is 14.4 Å². The Labute approximate surface area is 105 Å². The first-order valence-electron chi connectivity index (χ1n) is 6.07. The molecule has 0 amide bonds. The van der Waals surface area contributed by atoms with Gasteiger partial charge in [0.2, 0.25) is 5.89 Å². The lowest BCUT2D eigenvalue weighted by atomic mass is 10.3. The van der Waals surface area contributed by atoms with Crippen molar-refractivity contribution in [2.24, 2.45) is 0 Å². The highest BCUT2D eigenvalue weighted by Gasteiger charge is 2.12. The normalized spacial score (nSPS) is 16.9. The van der Waals surface area contributed by atoms with Crippen molar-refractivity contribution in [3.05, 3.63) is 11.7 Å². The third-order valence-electron chi connectivity index (χ3n) is 2.82. The van der Waals surface area contributed by atoms with E-state index in [9.17, 15) is 4.79 Å². The van der Waals surface area contributed by atoms with Gasteiger partial charge in [-0.2, -0.15) is 4.98 Å². The summed E-state index contributed by atoms with van der Waals surface area (Å²) in [7, 11) is 0. The van der Waals surface area contributed by atoms with E-state index >= 15 is 0 Å². The predicted octanol–water partition coefficient (Wildman–Crippen LogP) is -0.0385. The molecule has 1 saturated heterocycles. The van der Waals surface area contributed by atoms with Crippen molar-refractivity contribution in [2.45, 2.75) is 19.3 Å². The molecule has 0 spiro atoms. The van der Waals surface area contributed by atoms with E-state index < -0.39 is 5.97 Å². The minimum absolute atomic E-state index is 0.0189. The molecule has 2 rings (SSSR count). The summed E-state index contributed by atoms with van der Waals surface area (Å²) in [4.78, 5) is 16.9. The molecule has 1 aromatic rings. The molecule has 0 radical (unpaired) electrons. The Balaban J connectivity index is 1.73. The minimum Gasteiger partial charge on any atom is -0.481 e. The lowest BCUT2D eigenvalue weighted by molar-refractivity contribution is -0.137. The highest BCUT2D eigenvalue weighted by Crippen LogP contribution is 2.04. The van der Waals surface area contributed by atoms with Crippen LogP contribution < -0.4 is 0 Å². The molecule has 0 bridgehead atoms. The van der Waals surface area contributed by atoms with Gasteiger partial charge in [-0.05, 0) is 0 Å². The Kier molecular flexibility index (Phi) is 4.66. The van der Waals surface area contributed by atoms with Crippen LogP contribution in [0.2, 0.25) is 0 Å². The van der Waals surface area contributed by atoms with Gasteiger partial charge in [0.15, 0.2) is 5.82 Å². The first-order valence-corrected chi connectivity index (χ1v) is 6.07. The van der Waals surface area contributed by atoms with Gasteiger partial charge in [0, 0.05) is 32.5 Å². The summed E-state index contributed by atoms with van der Waals surface area (Å²) in [6.45, 7) is 4.29. The number of carboxylic acid groups (broad SMARTS) is 1. The van der Waals surface area contributed by atoms with Crippen molar-refractivity contribution in [1.29, 1.82) is 0 Å². The average Bonchev–Trinajstić information content (AvgIpc) is 2.83. The van der Waals surface area contributed by atoms with Gasteiger partial charge >= 0.3 is 5.97 Å². The largest absolute Gasteiger partial charge is 0.481 e. The molecule has 2 heterocycles. The quantitative estimate of drug-likeness (QED) is 0.763. The molecular formula is C11H17N3O4. The van der Waals surface area contributed by atoms with Crippen molar-refractivity contribution < 1.29 is 19.2 Å². The SMILES string of the molecule is O=C(O)CCc1nc(CCN2CCOCC2)no1. The number of aromatic nitrogens is 2. The summed E-state index contributed by atoms with van der Waals surface area (Å²) in [6, 6.07) is 0. The Morgan fingerprint density at radius 1 is 1.33 bits per heavy atom. The van der Waals surface area contributed by atoms with Crippen LogP contribution in [0.25, 0.3) is 0 Å². The fourth-order valence-corrected chi connectivity index (χ4v) is 1.79. The molecule has 1 fully saturated rings. The summed E-state index contributed by atoms with van der Waals surface area (Å²) in [5, 5.41) is 12.4. The molecule has 7 nitrogen and oxygen atoms in total. The van der Waals surface area contributed by atoms with E-state index in [4.69, 9.17) is 14.4 Å². The smallest absolute Gasteiger partial charge is 0.303 e. The van der Waals surface area contributed by atoms with Gasteiger partial charge in [-0.15, -0.1) is 0 Å². The molecule has 1 aliphatic heterocycles. The third kappa shape index (κ3) is 4.08. The van der Waals surface area contributed by atoms with Crippen LogP contribution >= 0.6 is 0 Å². The van der Waals surface area contributed by atoms with Gasteiger partial charge in [-0.1, -0.05) is 5.16 Å². The molecule has 100 valence electrons. The molecule has 0 saturated carbocycles. The zero-order chi connectivity index (χ0) is 12.8. The second kappa shape index (κ2) is 6.46. The maximum absolute atomic E-state index is 10.4. The predicted molar refractivity (Wildman–Crippen MR) is 61.2 cm³/mol. The first kappa shape index (κ1) is 13.0. The highest BCUT2D eigenvalue weighted by atomic mass is 16.5. The van der Waals surface area contributed by atoms with Crippen LogP contribution in [0.5, 0.6) is 0 Å². The van der Waals surface area contributed by atoms with E-state index in [2.05, 4.69) is 15.0 Å². The highest BCUT2D eigenvalue weighted by molar-refractivity contribution is 5.66. The maximum Gasteiger partial charge on any atom is 0.303 e. The standard InChI is InChI=1S/C11H17N3O4/c15-11(16)2-1-10-12-9(13-18-10)3-4-14-5-7-17-8-6-14/h1-8H2,(H,15,16). The van der Waals surface area contributed by atoms with Gasteiger partial charge in [-0.3, -0.25) is 9.69 Å². The Morgan fingerprint density at radius 2 is 2.11 bits per heavy atom. The Hall–Kier alpha value is -1.47. The molecular weight excluding hydrogens is 238 g/mol. The zero-order valence-corrected chi connectivity index (χ0v) is 10.2. The molecule has 7 heteroatoms. The number of nitrogens with zero attached hydrogens (tertiary/aromatic N) is 3. The molecule has 1 aliphatic rings. The second-order valence-electron chi connectivity index (χ2n) is 4.20. The topological polar surface area (TPSA) is 88.7 Å². The van der Waals surface area contributed by atoms with Gasteiger partial charge in [0.05, 0.1) is 19.6 Å². The monoisotopic (exact) mass is 255 g/mol. The third-order valence-corrected chi connectivity index (χ3v) is 2.82. The number of hydrogen-bond acceptors (Lipinski definition) is 6. The molecule has 0 atom stereocenters. The summed E-state index contributed by atoms with van der Waals surface area (Å²) in [5.74, 6) is 0.180. The van der Waals surface area contributed by atoms with Gasteiger partial charge in [-0.25, -0.2) is 0 Å². The summed E-state index contributed by atoms with van der Waals surface area (Å²) < 4.78 is 10.3. The van der Waals surface area contributed by atoms with E-state index in [0.29, 0.717) is 18.1 Å². The average molecular weight is 255 g/mol. The number of rotatable bonds is 6. The number of carboxylic acids is 1. The molecule has 1 N–H and O–H groups in total. The summed E-state index contributed by atoms with van der Waals surface area (Å²) in [5.41, 5.74) is 0. The minimum atomic E-state index is -0.858. The Morgan fingerprint density at radius 3 is 2.83 bits per heavy atom. The van der Waals surface area contributed by atoms with Crippen LogP contribution in [0.3, 0.4) is 0 Å². The van der Waals surface area contributed by atoms with E-state index in [1.807, 2.05) is 0 Å². The van der Waals surface area contributed by atoms with E-state index in [-0.39, 0.29) is 6.42 Å². The fourth-order valence-electron chi connectivity index (χ4n) is 1.79. The molecule has 0 aromatic carbocycles. The van der Waals surface area contributed by atoms with E-state index in [1.54, 1.807) is 0 Å². The van der Waals surface area contributed by atoms with Crippen LogP contribution in [0.15, 0.2) is 4.52 Å². The molecule has 0 unspecified atom stereocenters. The van der Waals surface area contributed by atoms with E-state index in [1.165, 1.54) is 0 Å². The number of hydrogen-bond donors (Lipinski definition) is 1. The first-order chi connectivity index (χ1) is 8.74. The molecule has 0 aliphatic carbocycles. The van der Waals surface area contributed by atoms with Gasteiger partial charge in [0.1, 0.15) is 0 Å². The molecule has 1 aromatic heterocycles. The van der Waals surface area contributed by atoms with E-state index in [0.717, 1.165) is 39.3 Å². The maximum atomic E-state index is 10.4. The second-order valence-corrected chi connectivity index (χ2v) is 4.20. The van der Waals surface area contributed by atoms with Crippen LogP contribution in [0, 0.1) is 0 Å². The number of ether oxygens (including phenoxy) is 1. The number of morpholine rings is 1. The van der Waals surface area contributed by atoms with Crippen molar-refractivity contribution in [3.8, 4) is 0 Å². The van der Waals surface area contributed by atoms with Crippen LogP contribution in [0.4, 0.5) is 0 Å². The molecule has 18 heavy (non-hydrogen) atoms. The van der Waals surface area contributed by atoms with Crippen molar-refractivity contribution in [3.63, 3.8) is 0 Å². The lowest BCUT2D eigenvalue weighted by Gasteiger charge is -2.25. The summed E-state index contributed by atoms with van der Waals surface area (Å²) >= 11 is 0. The Bertz CT molecular complexity index is 387. The van der Waals surface area contributed by atoms with Gasteiger partial charge in [0.25, 0.3) is 0 Å². The van der Waals surface area contributed by atoms with Crippen LogP contribution in [-0.2, 0) is 22.4 Å². The number of carbonyl (C=O) groups is 1. The summed E-state index contributed by atoms with van der Waals surface area (Å²) in [6.07, 6.45) is 1.03. The lowest BCUT2D eigenvalue weighted by Crippen LogP contribution is -2.37. The van der Waals surface area contributed by atoms with Crippen molar-refractivity contribution in [1.82, 2.24) is 15.0 Å². The van der Waals surface area contributed by atoms with Crippen molar-refractivity contribution >= 4 is 5.97 Å². The number of aryl methyl sites for hydroxylation is 1.